The zero-order chi connectivity index (χ0) is 19.6. The Morgan fingerprint density at radius 3 is 2.67 bits per heavy atom. The Balaban J connectivity index is 2.02. The summed E-state index contributed by atoms with van der Waals surface area (Å²) in [6.45, 7) is 5.55. The van der Waals surface area contributed by atoms with Gasteiger partial charge in [-0.15, -0.1) is 0 Å². The number of anilines is 1. The molecule has 0 fully saturated rings. The van der Waals surface area contributed by atoms with Crippen LogP contribution in [0.25, 0.3) is 5.95 Å². The maximum absolute atomic E-state index is 13.9. The maximum atomic E-state index is 13.9. The van der Waals surface area contributed by atoms with Crippen molar-refractivity contribution < 1.29 is 9.18 Å². The van der Waals surface area contributed by atoms with Gasteiger partial charge in [0.05, 0.1) is 17.0 Å². The first-order valence-corrected chi connectivity index (χ1v) is 8.69. The third-order valence-corrected chi connectivity index (χ3v) is 4.17. The SMILES string of the molecule is CCc1nc(-n2nc(C)cc2NC(=O)c2ccccc2F)[nH]c(=O)c1CC. The normalized spacial score (nSPS) is 10.8. The summed E-state index contributed by atoms with van der Waals surface area (Å²) in [5.74, 6) is -0.747. The van der Waals surface area contributed by atoms with Gasteiger partial charge in [0.15, 0.2) is 0 Å². The molecule has 8 heteroatoms. The fourth-order valence-corrected chi connectivity index (χ4v) is 2.87. The first kappa shape index (κ1) is 18.5. The number of nitrogens with zero attached hydrogens (tertiary/aromatic N) is 3. The van der Waals surface area contributed by atoms with Crippen LogP contribution in [0.4, 0.5) is 10.2 Å². The summed E-state index contributed by atoms with van der Waals surface area (Å²) >= 11 is 0. The van der Waals surface area contributed by atoms with Crippen molar-refractivity contribution in [2.75, 3.05) is 5.32 Å². The molecule has 0 spiro atoms. The van der Waals surface area contributed by atoms with E-state index in [4.69, 9.17) is 0 Å². The summed E-state index contributed by atoms with van der Waals surface area (Å²) in [4.78, 5) is 32.0. The summed E-state index contributed by atoms with van der Waals surface area (Å²) < 4.78 is 15.2. The lowest BCUT2D eigenvalue weighted by Crippen LogP contribution is -2.23. The molecule has 2 heterocycles. The van der Waals surface area contributed by atoms with Gasteiger partial charge < -0.3 is 5.32 Å². The number of hydrogen-bond acceptors (Lipinski definition) is 4. The van der Waals surface area contributed by atoms with E-state index in [1.54, 1.807) is 19.1 Å². The summed E-state index contributed by atoms with van der Waals surface area (Å²) in [6, 6.07) is 7.32. The minimum Gasteiger partial charge on any atom is -0.306 e. The molecule has 0 saturated carbocycles. The van der Waals surface area contributed by atoms with Gasteiger partial charge in [0.1, 0.15) is 11.6 Å². The molecule has 3 aromatic rings. The zero-order valence-electron chi connectivity index (χ0n) is 15.3. The molecule has 0 atom stereocenters. The number of hydrogen-bond donors (Lipinski definition) is 2. The van der Waals surface area contributed by atoms with E-state index in [-0.39, 0.29) is 22.9 Å². The molecule has 0 saturated heterocycles. The second kappa shape index (κ2) is 7.53. The number of aryl methyl sites for hydroxylation is 2. The highest BCUT2D eigenvalue weighted by atomic mass is 19.1. The minimum absolute atomic E-state index is 0.0834. The molecule has 1 amide bonds. The predicted molar refractivity (Wildman–Crippen MR) is 99.8 cm³/mol. The van der Waals surface area contributed by atoms with E-state index in [0.717, 1.165) is 0 Å². The third kappa shape index (κ3) is 3.64. The molecule has 27 heavy (non-hydrogen) atoms. The van der Waals surface area contributed by atoms with Gasteiger partial charge in [-0.05, 0) is 31.9 Å². The van der Waals surface area contributed by atoms with Crippen molar-refractivity contribution in [1.29, 1.82) is 0 Å². The van der Waals surface area contributed by atoms with E-state index in [2.05, 4.69) is 20.4 Å². The molecule has 3 rings (SSSR count). The lowest BCUT2D eigenvalue weighted by Gasteiger charge is -2.11. The zero-order valence-corrected chi connectivity index (χ0v) is 15.3. The Hall–Kier alpha value is -3.29. The van der Waals surface area contributed by atoms with Crippen molar-refractivity contribution in [3.8, 4) is 5.95 Å². The van der Waals surface area contributed by atoms with Crippen LogP contribution in [0.2, 0.25) is 0 Å². The van der Waals surface area contributed by atoms with Crippen molar-refractivity contribution in [3.63, 3.8) is 0 Å². The minimum atomic E-state index is -0.620. The lowest BCUT2D eigenvalue weighted by atomic mass is 10.1. The molecule has 0 bridgehead atoms. The van der Waals surface area contributed by atoms with Crippen LogP contribution in [-0.4, -0.2) is 25.7 Å². The van der Waals surface area contributed by atoms with E-state index in [1.807, 2.05) is 13.8 Å². The largest absolute Gasteiger partial charge is 0.306 e. The van der Waals surface area contributed by atoms with E-state index < -0.39 is 11.7 Å². The maximum Gasteiger partial charge on any atom is 0.259 e. The first-order chi connectivity index (χ1) is 12.9. The number of benzene rings is 1. The highest BCUT2D eigenvalue weighted by Gasteiger charge is 2.17. The van der Waals surface area contributed by atoms with Crippen molar-refractivity contribution in [3.05, 3.63) is 69.0 Å². The van der Waals surface area contributed by atoms with E-state index >= 15 is 0 Å². The number of rotatable bonds is 5. The third-order valence-electron chi connectivity index (χ3n) is 4.17. The fourth-order valence-electron chi connectivity index (χ4n) is 2.87. The molecule has 0 aliphatic heterocycles. The first-order valence-electron chi connectivity index (χ1n) is 8.69. The highest BCUT2D eigenvalue weighted by Crippen LogP contribution is 2.17. The standard InChI is InChI=1S/C19H20FN5O2/c1-4-12-15(5-2)21-19(23-17(12)26)25-16(10-11(3)24-25)22-18(27)13-8-6-7-9-14(13)20/h6-10H,4-5H2,1-3H3,(H,22,27)(H,21,23,26). The number of aromatic nitrogens is 4. The van der Waals surface area contributed by atoms with Crippen LogP contribution in [0.3, 0.4) is 0 Å². The molecule has 140 valence electrons. The molecule has 2 aromatic heterocycles. The number of aromatic amines is 1. The van der Waals surface area contributed by atoms with Gasteiger partial charge in [0.2, 0.25) is 5.95 Å². The molecule has 2 N–H and O–H groups in total. The number of carbonyl (C=O) groups is 1. The van der Waals surface area contributed by atoms with Crippen LogP contribution >= 0.6 is 0 Å². The Morgan fingerprint density at radius 1 is 1.26 bits per heavy atom. The topological polar surface area (TPSA) is 92.7 Å². The van der Waals surface area contributed by atoms with Crippen LogP contribution in [0.5, 0.6) is 0 Å². The Labute approximate surface area is 155 Å². The van der Waals surface area contributed by atoms with Crippen LogP contribution in [0, 0.1) is 12.7 Å². The van der Waals surface area contributed by atoms with Gasteiger partial charge in [-0.25, -0.2) is 9.37 Å². The van der Waals surface area contributed by atoms with Crippen molar-refractivity contribution >= 4 is 11.7 Å². The van der Waals surface area contributed by atoms with E-state index in [0.29, 0.717) is 29.8 Å². The molecular formula is C19H20FN5O2. The second-order valence-electron chi connectivity index (χ2n) is 6.04. The van der Waals surface area contributed by atoms with Crippen LogP contribution in [0.15, 0.2) is 35.1 Å². The van der Waals surface area contributed by atoms with Crippen LogP contribution in [0.1, 0.15) is 41.2 Å². The number of amides is 1. The average molecular weight is 369 g/mol. The van der Waals surface area contributed by atoms with Gasteiger partial charge in [-0.2, -0.15) is 9.78 Å². The number of carbonyl (C=O) groups excluding carboxylic acids is 1. The number of nitrogens with one attached hydrogen (secondary N) is 2. The molecule has 0 unspecified atom stereocenters. The smallest absolute Gasteiger partial charge is 0.259 e. The summed E-state index contributed by atoms with van der Waals surface area (Å²) in [5.41, 5.74) is 1.59. The fraction of sp³-hybridized carbons (Fsp3) is 0.263. The van der Waals surface area contributed by atoms with Crippen LogP contribution < -0.4 is 10.9 Å². The van der Waals surface area contributed by atoms with Crippen molar-refractivity contribution in [2.24, 2.45) is 0 Å². The Bertz CT molecular complexity index is 1050. The van der Waals surface area contributed by atoms with Gasteiger partial charge in [-0.3, -0.25) is 14.6 Å². The van der Waals surface area contributed by atoms with E-state index in [9.17, 15) is 14.0 Å². The quantitative estimate of drug-likeness (QED) is 0.723. The monoisotopic (exact) mass is 369 g/mol. The molecule has 1 aromatic carbocycles. The van der Waals surface area contributed by atoms with Gasteiger partial charge in [0, 0.05) is 11.6 Å². The molecule has 7 nitrogen and oxygen atoms in total. The Kier molecular flexibility index (Phi) is 5.16. The summed E-state index contributed by atoms with van der Waals surface area (Å²) in [6.07, 6.45) is 1.16. The summed E-state index contributed by atoms with van der Waals surface area (Å²) in [5, 5.41) is 6.93. The second-order valence-corrected chi connectivity index (χ2v) is 6.04. The Morgan fingerprint density at radius 2 is 2.00 bits per heavy atom. The molecule has 0 aliphatic carbocycles. The highest BCUT2D eigenvalue weighted by molar-refractivity contribution is 6.04. The average Bonchev–Trinajstić information content (AvgIpc) is 3.01. The van der Waals surface area contributed by atoms with E-state index in [1.165, 1.54) is 22.9 Å². The van der Waals surface area contributed by atoms with Gasteiger partial charge >= 0.3 is 0 Å². The van der Waals surface area contributed by atoms with Gasteiger partial charge in [0.25, 0.3) is 11.5 Å². The molecule has 0 radical (unpaired) electrons. The number of halogens is 1. The number of H-pyrrole nitrogens is 1. The molecule has 0 aliphatic rings. The lowest BCUT2D eigenvalue weighted by molar-refractivity contribution is 0.102. The van der Waals surface area contributed by atoms with Crippen molar-refractivity contribution in [2.45, 2.75) is 33.6 Å². The van der Waals surface area contributed by atoms with Crippen LogP contribution in [-0.2, 0) is 12.8 Å². The predicted octanol–water partition coefficient (Wildman–Crippen LogP) is 2.78. The van der Waals surface area contributed by atoms with Gasteiger partial charge in [-0.1, -0.05) is 26.0 Å². The van der Waals surface area contributed by atoms with Crippen molar-refractivity contribution in [1.82, 2.24) is 19.7 Å². The summed E-state index contributed by atoms with van der Waals surface area (Å²) in [7, 11) is 0. The molecular weight excluding hydrogens is 349 g/mol.